The number of rotatable bonds is 3. The average Bonchev–Trinajstić information content (AvgIpc) is 2.89. The van der Waals surface area contributed by atoms with Gasteiger partial charge in [-0.05, 0) is 17.7 Å². The second kappa shape index (κ2) is 5.93. The lowest BCUT2D eigenvalue weighted by molar-refractivity contribution is 0.898. The molecule has 0 atom stereocenters. The van der Waals surface area contributed by atoms with Crippen LogP contribution in [0.4, 0.5) is 5.95 Å². The van der Waals surface area contributed by atoms with Crippen LogP contribution >= 0.6 is 15.9 Å². The van der Waals surface area contributed by atoms with Gasteiger partial charge in [-0.3, -0.25) is 0 Å². The molecule has 3 aromatic rings. The summed E-state index contributed by atoms with van der Waals surface area (Å²) in [5.41, 5.74) is 8.71. The van der Waals surface area contributed by atoms with Crippen molar-refractivity contribution in [2.45, 2.75) is 0 Å². The molecule has 2 N–H and O–H groups in total. The van der Waals surface area contributed by atoms with Crippen molar-refractivity contribution >= 4 is 28.1 Å². The van der Waals surface area contributed by atoms with Gasteiger partial charge in [-0.25, -0.2) is 9.66 Å². The number of hydrogen-bond acceptors (Lipinski definition) is 3. The summed E-state index contributed by atoms with van der Waals surface area (Å²) in [7, 11) is 0. The Labute approximate surface area is 131 Å². The van der Waals surface area contributed by atoms with E-state index in [9.17, 15) is 0 Å². The van der Waals surface area contributed by atoms with Gasteiger partial charge in [-0.15, -0.1) is 0 Å². The molecular formula is C16H13BrN4. The number of hydrogen-bond donors (Lipinski definition) is 1. The van der Waals surface area contributed by atoms with Crippen LogP contribution in [-0.2, 0) is 0 Å². The van der Waals surface area contributed by atoms with Crippen LogP contribution in [0.3, 0.4) is 0 Å². The third kappa shape index (κ3) is 3.20. The Morgan fingerprint density at radius 1 is 1.05 bits per heavy atom. The fraction of sp³-hybridized carbons (Fsp3) is 0. The van der Waals surface area contributed by atoms with E-state index in [2.05, 4.69) is 26.0 Å². The first-order chi connectivity index (χ1) is 10.2. The van der Waals surface area contributed by atoms with E-state index in [1.807, 2.05) is 60.8 Å². The van der Waals surface area contributed by atoms with E-state index in [0.717, 1.165) is 21.3 Å². The molecule has 0 aliphatic heterocycles. The zero-order valence-electron chi connectivity index (χ0n) is 11.1. The minimum atomic E-state index is 0.363. The molecule has 0 aliphatic carbocycles. The molecule has 5 heteroatoms. The van der Waals surface area contributed by atoms with E-state index in [1.54, 1.807) is 10.9 Å². The maximum atomic E-state index is 5.90. The van der Waals surface area contributed by atoms with Crippen LogP contribution < -0.4 is 5.73 Å². The molecule has 1 heterocycles. The van der Waals surface area contributed by atoms with Gasteiger partial charge in [0.15, 0.2) is 0 Å². The van der Waals surface area contributed by atoms with Gasteiger partial charge in [-0.1, -0.05) is 58.4 Å². The molecule has 0 radical (unpaired) electrons. The zero-order valence-corrected chi connectivity index (χ0v) is 12.7. The number of nitrogen functional groups attached to an aromatic ring is 1. The molecule has 3 rings (SSSR count). The minimum absolute atomic E-state index is 0.363. The average molecular weight is 341 g/mol. The van der Waals surface area contributed by atoms with Crippen molar-refractivity contribution in [2.24, 2.45) is 5.10 Å². The molecule has 0 fully saturated rings. The maximum absolute atomic E-state index is 5.90. The van der Waals surface area contributed by atoms with Gasteiger partial charge in [0.2, 0.25) is 5.95 Å². The van der Waals surface area contributed by atoms with Gasteiger partial charge >= 0.3 is 0 Å². The van der Waals surface area contributed by atoms with Crippen molar-refractivity contribution in [3.05, 3.63) is 70.8 Å². The Hall–Kier alpha value is -2.40. The van der Waals surface area contributed by atoms with Crippen molar-refractivity contribution in [2.75, 3.05) is 5.73 Å². The van der Waals surface area contributed by atoms with Crippen LogP contribution in [0.1, 0.15) is 5.56 Å². The monoisotopic (exact) mass is 340 g/mol. The van der Waals surface area contributed by atoms with E-state index >= 15 is 0 Å². The molecule has 0 bridgehead atoms. The summed E-state index contributed by atoms with van der Waals surface area (Å²) in [6, 6.07) is 17.8. The standard InChI is InChI=1S/C16H13BrN4/c17-14-8-6-12(7-9-14)10-19-21-11-15(20-16(21)18)13-4-2-1-3-5-13/h1-11H,(H2,18,20). The van der Waals surface area contributed by atoms with Gasteiger partial charge in [0.05, 0.1) is 18.1 Å². The number of halogens is 1. The zero-order chi connectivity index (χ0) is 14.7. The predicted octanol–water partition coefficient (Wildman–Crippen LogP) is 3.78. The highest BCUT2D eigenvalue weighted by atomic mass is 79.9. The fourth-order valence-electron chi connectivity index (χ4n) is 1.90. The quantitative estimate of drug-likeness (QED) is 0.737. The summed E-state index contributed by atoms with van der Waals surface area (Å²) >= 11 is 3.40. The summed E-state index contributed by atoms with van der Waals surface area (Å²) in [5, 5.41) is 4.34. The highest BCUT2D eigenvalue weighted by Gasteiger charge is 2.05. The van der Waals surface area contributed by atoms with Gasteiger partial charge in [-0.2, -0.15) is 5.10 Å². The third-order valence-corrected chi connectivity index (χ3v) is 3.51. The largest absolute Gasteiger partial charge is 0.368 e. The first-order valence-corrected chi connectivity index (χ1v) is 7.22. The Kier molecular flexibility index (Phi) is 3.83. The van der Waals surface area contributed by atoms with E-state index in [0.29, 0.717) is 5.95 Å². The van der Waals surface area contributed by atoms with Gasteiger partial charge in [0, 0.05) is 10.0 Å². The van der Waals surface area contributed by atoms with Crippen LogP contribution in [0.5, 0.6) is 0 Å². The molecule has 1 aromatic heterocycles. The normalized spacial score (nSPS) is 11.1. The molecule has 0 aliphatic rings. The molecule has 21 heavy (non-hydrogen) atoms. The second-order valence-electron chi connectivity index (χ2n) is 4.49. The highest BCUT2D eigenvalue weighted by Crippen LogP contribution is 2.19. The minimum Gasteiger partial charge on any atom is -0.368 e. The molecule has 0 spiro atoms. The Morgan fingerprint density at radius 2 is 1.76 bits per heavy atom. The molecule has 4 nitrogen and oxygen atoms in total. The molecule has 0 saturated carbocycles. The molecular weight excluding hydrogens is 328 g/mol. The number of nitrogens with zero attached hydrogens (tertiary/aromatic N) is 3. The number of benzene rings is 2. The van der Waals surface area contributed by atoms with E-state index in [-0.39, 0.29) is 0 Å². The number of anilines is 1. The van der Waals surface area contributed by atoms with Gasteiger partial charge < -0.3 is 5.73 Å². The molecule has 2 aromatic carbocycles. The molecule has 0 amide bonds. The van der Waals surface area contributed by atoms with Crippen molar-refractivity contribution in [1.82, 2.24) is 9.66 Å². The van der Waals surface area contributed by atoms with Crippen LogP contribution in [0.25, 0.3) is 11.3 Å². The van der Waals surface area contributed by atoms with Crippen molar-refractivity contribution < 1.29 is 0 Å². The molecule has 104 valence electrons. The smallest absolute Gasteiger partial charge is 0.221 e. The lowest BCUT2D eigenvalue weighted by Gasteiger charge is -1.96. The third-order valence-electron chi connectivity index (χ3n) is 2.99. The predicted molar refractivity (Wildman–Crippen MR) is 89.2 cm³/mol. The first-order valence-electron chi connectivity index (χ1n) is 6.42. The number of nitrogens with two attached hydrogens (primary N) is 1. The SMILES string of the molecule is Nc1nc(-c2ccccc2)cn1N=Cc1ccc(Br)cc1. The second-order valence-corrected chi connectivity index (χ2v) is 5.41. The summed E-state index contributed by atoms with van der Waals surface area (Å²) in [6.07, 6.45) is 3.57. The summed E-state index contributed by atoms with van der Waals surface area (Å²) in [5.74, 6) is 0.363. The maximum Gasteiger partial charge on any atom is 0.221 e. The topological polar surface area (TPSA) is 56.2 Å². The number of aromatic nitrogens is 2. The highest BCUT2D eigenvalue weighted by molar-refractivity contribution is 9.10. The number of imidazole rings is 1. The molecule has 0 saturated heterocycles. The lowest BCUT2D eigenvalue weighted by Crippen LogP contribution is -1.96. The summed E-state index contributed by atoms with van der Waals surface area (Å²) in [4.78, 5) is 4.33. The Balaban J connectivity index is 1.86. The van der Waals surface area contributed by atoms with Crippen molar-refractivity contribution in [3.63, 3.8) is 0 Å². The van der Waals surface area contributed by atoms with Gasteiger partial charge in [0.1, 0.15) is 0 Å². The Morgan fingerprint density at radius 3 is 2.48 bits per heavy atom. The van der Waals surface area contributed by atoms with E-state index in [4.69, 9.17) is 5.73 Å². The summed E-state index contributed by atoms with van der Waals surface area (Å²) in [6.45, 7) is 0. The van der Waals surface area contributed by atoms with Crippen LogP contribution in [0, 0.1) is 0 Å². The van der Waals surface area contributed by atoms with Crippen molar-refractivity contribution in [3.8, 4) is 11.3 Å². The fourth-order valence-corrected chi connectivity index (χ4v) is 2.17. The van der Waals surface area contributed by atoms with Crippen LogP contribution in [0.2, 0.25) is 0 Å². The van der Waals surface area contributed by atoms with Gasteiger partial charge in [0.25, 0.3) is 0 Å². The van der Waals surface area contributed by atoms with Crippen molar-refractivity contribution in [1.29, 1.82) is 0 Å². The van der Waals surface area contributed by atoms with Crippen LogP contribution in [-0.4, -0.2) is 15.9 Å². The van der Waals surface area contributed by atoms with Crippen LogP contribution in [0.15, 0.2) is 70.4 Å². The summed E-state index contributed by atoms with van der Waals surface area (Å²) < 4.78 is 2.61. The molecule has 0 unspecified atom stereocenters. The first kappa shape index (κ1) is 13.6. The van der Waals surface area contributed by atoms with E-state index in [1.165, 1.54) is 0 Å². The Bertz CT molecular complexity index is 761. The van der Waals surface area contributed by atoms with E-state index < -0.39 is 0 Å². The lowest BCUT2D eigenvalue weighted by atomic mass is 10.2.